The van der Waals surface area contributed by atoms with Crippen LogP contribution in [0.4, 0.5) is 10.1 Å². The highest BCUT2D eigenvalue weighted by molar-refractivity contribution is 5.80. The summed E-state index contributed by atoms with van der Waals surface area (Å²) in [6, 6.07) is 9.38. The van der Waals surface area contributed by atoms with Crippen molar-refractivity contribution < 1.29 is 23.6 Å². The molecule has 25 heavy (non-hydrogen) atoms. The molecule has 0 heterocycles. The fraction of sp³-hybridized carbons (Fsp3) is 0.235. The van der Waals surface area contributed by atoms with Gasteiger partial charge in [0.15, 0.2) is 17.7 Å². The highest BCUT2D eigenvalue weighted by Gasteiger charge is 2.14. The summed E-state index contributed by atoms with van der Waals surface area (Å²) < 4.78 is 24.7. The van der Waals surface area contributed by atoms with Gasteiger partial charge < -0.3 is 14.8 Å². The van der Waals surface area contributed by atoms with Gasteiger partial charge in [0.05, 0.1) is 11.0 Å². The van der Waals surface area contributed by atoms with Gasteiger partial charge in [-0.3, -0.25) is 14.9 Å². The van der Waals surface area contributed by atoms with E-state index in [0.29, 0.717) is 18.0 Å². The zero-order valence-electron chi connectivity index (χ0n) is 13.7. The molecule has 0 saturated carbocycles. The third-order valence-electron chi connectivity index (χ3n) is 3.21. The van der Waals surface area contributed by atoms with Crippen LogP contribution in [0.5, 0.6) is 17.2 Å². The Balaban J connectivity index is 2.03. The van der Waals surface area contributed by atoms with Crippen molar-refractivity contribution in [3.8, 4) is 17.2 Å². The molecule has 8 heteroatoms. The molecule has 0 radical (unpaired) electrons. The zero-order valence-corrected chi connectivity index (χ0v) is 13.7. The fourth-order valence-corrected chi connectivity index (χ4v) is 1.97. The van der Waals surface area contributed by atoms with Gasteiger partial charge in [-0.2, -0.15) is 0 Å². The lowest BCUT2D eigenvalue weighted by atomic mass is 10.3. The third kappa shape index (κ3) is 4.90. The van der Waals surface area contributed by atoms with Crippen LogP contribution < -0.4 is 14.8 Å². The Bertz CT molecular complexity index is 764. The summed E-state index contributed by atoms with van der Waals surface area (Å²) in [7, 11) is 0. The summed E-state index contributed by atoms with van der Waals surface area (Å²) in [6.07, 6.45) is -0.654. The van der Waals surface area contributed by atoms with Gasteiger partial charge in [0.1, 0.15) is 11.5 Å². The van der Waals surface area contributed by atoms with Gasteiger partial charge in [-0.05, 0) is 44.2 Å². The number of non-ortho nitro benzene ring substituents is 1. The summed E-state index contributed by atoms with van der Waals surface area (Å²) in [4.78, 5) is 21.5. The van der Waals surface area contributed by atoms with E-state index >= 15 is 0 Å². The monoisotopic (exact) mass is 348 g/mol. The predicted octanol–water partition coefficient (Wildman–Crippen LogP) is 3.43. The number of benzene rings is 2. The van der Waals surface area contributed by atoms with Crippen LogP contribution in [-0.4, -0.2) is 23.5 Å². The zero-order chi connectivity index (χ0) is 18.4. The van der Waals surface area contributed by atoms with Crippen molar-refractivity contribution in [3.63, 3.8) is 0 Å². The third-order valence-corrected chi connectivity index (χ3v) is 3.21. The molecule has 7 nitrogen and oxygen atoms in total. The van der Waals surface area contributed by atoms with E-state index in [1.165, 1.54) is 6.07 Å². The maximum atomic E-state index is 13.8. The van der Waals surface area contributed by atoms with Gasteiger partial charge in [-0.25, -0.2) is 4.39 Å². The predicted molar refractivity (Wildman–Crippen MR) is 88.3 cm³/mol. The standard InChI is InChI=1S/C17H17FN2O5/c1-3-19-17(21)11(2)24-13-5-7-14(8-6-13)25-16-9-4-12(20(22)23)10-15(16)18/h4-11H,3H2,1-2H3,(H,19,21). The van der Waals surface area contributed by atoms with Crippen molar-refractivity contribution in [2.45, 2.75) is 20.0 Å². The SMILES string of the molecule is CCNC(=O)C(C)Oc1ccc(Oc2ccc([N+](=O)[O-])cc2F)cc1. The lowest BCUT2D eigenvalue weighted by molar-refractivity contribution is -0.385. The smallest absolute Gasteiger partial charge is 0.272 e. The van der Waals surface area contributed by atoms with Gasteiger partial charge in [0.2, 0.25) is 0 Å². The highest BCUT2D eigenvalue weighted by Crippen LogP contribution is 2.28. The molecular weight excluding hydrogens is 331 g/mol. The minimum Gasteiger partial charge on any atom is -0.481 e. The fourth-order valence-electron chi connectivity index (χ4n) is 1.97. The van der Waals surface area contributed by atoms with Gasteiger partial charge in [-0.1, -0.05) is 0 Å². The number of likely N-dealkylation sites (N-methyl/N-ethyl adjacent to an activating group) is 1. The Hall–Kier alpha value is -3.16. The first-order valence-electron chi connectivity index (χ1n) is 7.57. The minimum atomic E-state index is -0.834. The first-order valence-corrected chi connectivity index (χ1v) is 7.57. The van der Waals surface area contributed by atoms with E-state index in [0.717, 1.165) is 12.1 Å². The van der Waals surface area contributed by atoms with Crippen molar-refractivity contribution in [3.05, 3.63) is 58.4 Å². The van der Waals surface area contributed by atoms with E-state index in [1.54, 1.807) is 31.2 Å². The second-order valence-corrected chi connectivity index (χ2v) is 5.10. The molecule has 0 aliphatic heterocycles. The largest absolute Gasteiger partial charge is 0.481 e. The van der Waals surface area contributed by atoms with Crippen LogP contribution in [0.15, 0.2) is 42.5 Å². The van der Waals surface area contributed by atoms with Crippen LogP contribution in [0, 0.1) is 15.9 Å². The van der Waals surface area contributed by atoms with Crippen LogP contribution in [0.2, 0.25) is 0 Å². The molecule has 0 aliphatic rings. The number of rotatable bonds is 7. The average molecular weight is 348 g/mol. The van der Waals surface area contributed by atoms with Crippen molar-refractivity contribution in [1.29, 1.82) is 0 Å². The molecular formula is C17H17FN2O5. The van der Waals surface area contributed by atoms with Crippen LogP contribution in [0.3, 0.4) is 0 Å². The first-order chi connectivity index (χ1) is 11.9. The Morgan fingerprint density at radius 1 is 1.24 bits per heavy atom. The molecule has 2 rings (SSSR count). The number of nitro benzene ring substituents is 1. The van der Waals surface area contributed by atoms with Gasteiger partial charge >= 0.3 is 0 Å². The molecule has 0 aromatic heterocycles. The van der Waals surface area contributed by atoms with Gasteiger partial charge in [0.25, 0.3) is 11.6 Å². The molecule has 1 atom stereocenters. The van der Waals surface area contributed by atoms with Crippen LogP contribution in [0.25, 0.3) is 0 Å². The number of ether oxygens (including phenoxy) is 2. The molecule has 0 spiro atoms. The molecule has 1 unspecified atom stereocenters. The molecule has 0 fully saturated rings. The number of halogens is 1. The van der Waals surface area contributed by atoms with E-state index in [1.807, 2.05) is 6.92 Å². The number of amides is 1. The summed E-state index contributed by atoms with van der Waals surface area (Å²) in [5, 5.41) is 13.2. The summed E-state index contributed by atoms with van der Waals surface area (Å²) in [5.41, 5.74) is -0.354. The number of carbonyl (C=O) groups is 1. The van der Waals surface area contributed by atoms with E-state index in [4.69, 9.17) is 9.47 Å². The van der Waals surface area contributed by atoms with Crippen LogP contribution in [0.1, 0.15) is 13.8 Å². The highest BCUT2D eigenvalue weighted by atomic mass is 19.1. The van der Waals surface area contributed by atoms with E-state index in [-0.39, 0.29) is 17.3 Å². The second-order valence-electron chi connectivity index (χ2n) is 5.10. The van der Waals surface area contributed by atoms with Crippen molar-refractivity contribution >= 4 is 11.6 Å². The molecule has 1 amide bonds. The minimum absolute atomic E-state index is 0.130. The Morgan fingerprint density at radius 3 is 2.44 bits per heavy atom. The quantitative estimate of drug-likeness (QED) is 0.611. The number of nitrogens with one attached hydrogen (secondary N) is 1. The van der Waals surface area contributed by atoms with E-state index < -0.39 is 16.8 Å². The lowest BCUT2D eigenvalue weighted by Gasteiger charge is -2.14. The Kier molecular flexibility index (Phi) is 5.89. The number of hydrogen-bond acceptors (Lipinski definition) is 5. The number of hydrogen-bond donors (Lipinski definition) is 1. The van der Waals surface area contributed by atoms with Crippen molar-refractivity contribution in [2.24, 2.45) is 0 Å². The number of nitrogens with zero attached hydrogens (tertiary/aromatic N) is 1. The maximum absolute atomic E-state index is 13.8. The topological polar surface area (TPSA) is 90.7 Å². The van der Waals surface area contributed by atoms with E-state index in [9.17, 15) is 19.3 Å². The summed E-state index contributed by atoms with van der Waals surface area (Å²) in [5.74, 6) is -0.411. The molecule has 1 N–H and O–H groups in total. The molecule has 2 aromatic rings. The lowest BCUT2D eigenvalue weighted by Crippen LogP contribution is -2.36. The molecule has 132 valence electrons. The first kappa shape index (κ1) is 18.2. The van der Waals surface area contributed by atoms with Gasteiger partial charge in [-0.15, -0.1) is 0 Å². The summed E-state index contributed by atoms with van der Waals surface area (Å²) >= 11 is 0. The second kappa shape index (κ2) is 8.09. The molecule has 0 aliphatic carbocycles. The van der Waals surface area contributed by atoms with Crippen molar-refractivity contribution in [2.75, 3.05) is 6.54 Å². The number of nitro groups is 1. The van der Waals surface area contributed by atoms with Crippen molar-refractivity contribution in [1.82, 2.24) is 5.32 Å². The number of carbonyl (C=O) groups excluding carboxylic acids is 1. The molecule has 0 saturated heterocycles. The Morgan fingerprint density at radius 2 is 1.88 bits per heavy atom. The molecule has 0 bridgehead atoms. The Labute approximate surface area is 143 Å². The summed E-state index contributed by atoms with van der Waals surface area (Å²) in [6.45, 7) is 3.95. The molecule has 2 aromatic carbocycles. The van der Waals surface area contributed by atoms with Crippen LogP contribution in [-0.2, 0) is 4.79 Å². The van der Waals surface area contributed by atoms with Crippen LogP contribution >= 0.6 is 0 Å². The normalized spacial score (nSPS) is 11.5. The average Bonchev–Trinajstić information content (AvgIpc) is 2.58. The van der Waals surface area contributed by atoms with E-state index in [2.05, 4.69) is 5.32 Å². The van der Waals surface area contributed by atoms with Gasteiger partial charge in [0, 0.05) is 12.6 Å². The maximum Gasteiger partial charge on any atom is 0.272 e.